The maximum atomic E-state index is 7.71. The molecule has 0 aliphatic rings. The van der Waals surface area contributed by atoms with Crippen LogP contribution in [0.25, 0.3) is 21.7 Å². The van der Waals surface area contributed by atoms with E-state index in [0.29, 0.717) is 39.3 Å². The maximum absolute atomic E-state index is 7.71. The van der Waals surface area contributed by atoms with Crippen LogP contribution in [0.4, 0.5) is 17.2 Å². The van der Waals surface area contributed by atoms with Gasteiger partial charge in [0.15, 0.2) is 17.2 Å². The van der Waals surface area contributed by atoms with Crippen molar-refractivity contribution in [3.05, 3.63) is 52.2 Å². The van der Waals surface area contributed by atoms with Crippen LogP contribution in [-0.2, 0) is 19.5 Å². The van der Waals surface area contributed by atoms with Gasteiger partial charge in [-0.2, -0.15) is 5.10 Å². The quantitative estimate of drug-likeness (QED) is 0.255. The smallest absolute Gasteiger partial charge is 0.255 e. The molecule has 33 heavy (non-hydrogen) atoms. The molecular weight excluding hydrogens is 438 g/mol. The first-order chi connectivity index (χ1) is 15.5. The fourth-order valence-electron chi connectivity index (χ4n) is 3.78. The van der Waals surface area contributed by atoms with Gasteiger partial charge in [-0.25, -0.2) is 4.85 Å². The minimum absolute atomic E-state index is 0.199. The molecule has 0 N–H and O–H groups in total. The molecule has 0 bridgehead atoms. The Hall–Kier alpha value is -3.51. The molecule has 0 saturated heterocycles. The van der Waals surface area contributed by atoms with Gasteiger partial charge in [0.1, 0.15) is 11.5 Å². The van der Waals surface area contributed by atoms with Crippen LogP contribution in [0, 0.1) is 6.57 Å². The van der Waals surface area contributed by atoms with Crippen LogP contribution >= 0.6 is 11.6 Å². The summed E-state index contributed by atoms with van der Waals surface area (Å²) in [6, 6.07) is 7.46. The van der Waals surface area contributed by atoms with Crippen molar-refractivity contribution in [3.63, 3.8) is 0 Å². The number of nitrogens with zero attached hydrogens (tertiary/aromatic N) is 9. The largest absolute Gasteiger partial charge is 0.312 e. The van der Waals surface area contributed by atoms with Crippen LogP contribution < -0.4 is 0 Å². The van der Waals surface area contributed by atoms with Gasteiger partial charge in [0, 0.05) is 25.6 Å². The summed E-state index contributed by atoms with van der Waals surface area (Å²) >= 11 is 6.49. The topological polar surface area (TPSA) is 82.0 Å². The van der Waals surface area contributed by atoms with Gasteiger partial charge in [-0.05, 0) is 11.5 Å². The Bertz CT molecular complexity index is 1420. The van der Waals surface area contributed by atoms with E-state index in [4.69, 9.17) is 23.3 Å². The van der Waals surface area contributed by atoms with E-state index in [9.17, 15) is 0 Å². The minimum atomic E-state index is -0.298. The third kappa shape index (κ3) is 3.80. The van der Waals surface area contributed by atoms with E-state index < -0.39 is 0 Å². The maximum Gasteiger partial charge on any atom is 0.255 e. The fraction of sp³-hybridized carbons (Fsp3) is 0.391. The SMILES string of the molecule is [C-]#[N+]c1c(C(C)(C)C)nn(C)c1N=Nc1c(-c2ccccc2Cl)nn2nc(C(C)C)n(C)c12. The average Bonchev–Trinajstić information content (AvgIpc) is 3.37. The predicted octanol–water partition coefficient (Wildman–Crippen LogP) is 6.51. The Labute approximate surface area is 197 Å². The van der Waals surface area contributed by atoms with Gasteiger partial charge in [-0.3, -0.25) is 4.68 Å². The van der Waals surface area contributed by atoms with E-state index in [2.05, 4.69) is 39.1 Å². The highest BCUT2D eigenvalue weighted by Gasteiger charge is 2.27. The first kappa shape index (κ1) is 22.7. The van der Waals surface area contributed by atoms with Crippen LogP contribution in [-0.4, -0.2) is 29.2 Å². The van der Waals surface area contributed by atoms with Gasteiger partial charge in [0.2, 0.25) is 0 Å². The Balaban J connectivity index is 1.97. The second kappa shape index (κ2) is 8.12. The van der Waals surface area contributed by atoms with E-state index in [-0.39, 0.29) is 11.3 Å². The Morgan fingerprint density at radius 2 is 1.76 bits per heavy atom. The normalized spacial score (nSPS) is 12.4. The second-order valence-corrected chi connectivity index (χ2v) is 9.68. The summed E-state index contributed by atoms with van der Waals surface area (Å²) in [6.07, 6.45) is 0. The summed E-state index contributed by atoms with van der Waals surface area (Å²) in [4.78, 5) is 3.71. The molecule has 0 amide bonds. The summed E-state index contributed by atoms with van der Waals surface area (Å²) in [5.74, 6) is 1.47. The first-order valence-electron chi connectivity index (χ1n) is 10.6. The molecule has 1 aromatic carbocycles. The molecule has 3 aromatic heterocycles. The van der Waals surface area contributed by atoms with Crippen LogP contribution in [0.1, 0.15) is 52.1 Å². The van der Waals surface area contributed by atoms with Crippen molar-refractivity contribution in [2.45, 2.75) is 46.0 Å². The highest BCUT2D eigenvalue weighted by Crippen LogP contribution is 2.41. The minimum Gasteiger partial charge on any atom is -0.312 e. The number of hydrogen-bond donors (Lipinski definition) is 0. The lowest BCUT2D eigenvalue weighted by Crippen LogP contribution is -2.12. The Kier molecular flexibility index (Phi) is 5.58. The fourth-order valence-corrected chi connectivity index (χ4v) is 4.00. The number of hydrogen-bond acceptors (Lipinski definition) is 5. The van der Waals surface area contributed by atoms with Gasteiger partial charge in [-0.1, -0.05) is 64.4 Å². The molecule has 0 atom stereocenters. The number of fused-ring (bicyclic) bond motifs is 1. The van der Waals surface area contributed by atoms with Gasteiger partial charge >= 0.3 is 0 Å². The van der Waals surface area contributed by atoms with Crippen molar-refractivity contribution in [3.8, 4) is 11.3 Å². The molecular formula is C23H26ClN9. The van der Waals surface area contributed by atoms with Crippen LogP contribution in [0.3, 0.4) is 0 Å². The first-order valence-corrected chi connectivity index (χ1v) is 11.0. The Morgan fingerprint density at radius 1 is 1.06 bits per heavy atom. The number of aryl methyl sites for hydroxylation is 2. The van der Waals surface area contributed by atoms with Crippen molar-refractivity contribution in [2.24, 2.45) is 24.3 Å². The molecule has 0 unspecified atom stereocenters. The van der Waals surface area contributed by atoms with Crippen molar-refractivity contribution in [1.29, 1.82) is 0 Å². The zero-order valence-electron chi connectivity index (χ0n) is 19.8. The number of aromatic nitrogens is 6. The predicted molar refractivity (Wildman–Crippen MR) is 129 cm³/mol. The Morgan fingerprint density at radius 3 is 2.36 bits per heavy atom. The highest BCUT2D eigenvalue weighted by atomic mass is 35.5. The number of rotatable bonds is 4. The van der Waals surface area contributed by atoms with Gasteiger partial charge in [0.25, 0.3) is 5.69 Å². The molecule has 9 nitrogen and oxygen atoms in total. The van der Waals surface area contributed by atoms with Gasteiger partial charge in [0.05, 0.1) is 17.3 Å². The highest BCUT2D eigenvalue weighted by molar-refractivity contribution is 6.33. The number of benzene rings is 1. The zero-order chi connectivity index (χ0) is 24.1. The monoisotopic (exact) mass is 463 g/mol. The summed E-state index contributed by atoms with van der Waals surface area (Å²) in [5, 5.41) is 23.5. The summed E-state index contributed by atoms with van der Waals surface area (Å²) in [5.41, 5.74) is 3.30. The van der Waals surface area contributed by atoms with E-state index in [1.54, 1.807) is 16.4 Å². The van der Waals surface area contributed by atoms with Crippen molar-refractivity contribution in [2.75, 3.05) is 0 Å². The van der Waals surface area contributed by atoms with E-state index in [1.807, 2.05) is 56.7 Å². The van der Waals surface area contributed by atoms with Crippen LogP contribution in [0.2, 0.25) is 5.02 Å². The summed E-state index contributed by atoms with van der Waals surface area (Å²) in [6.45, 7) is 17.9. The van der Waals surface area contributed by atoms with Crippen molar-refractivity contribution >= 4 is 34.4 Å². The van der Waals surface area contributed by atoms with Crippen molar-refractivity contribution < 1.29 is 0 Å². The zero-order valence-corrected chi connectivity index (χ0v) is 20.5. The third-order valence-electron chi connectivity index (χ3n) is 5.38. The van der Waals surface area contributed by atoms with Crippen molar-refractivity contribution in [1.82, 2.24) is 29.2 Å². The number of azo groups is 1. The number of halogens is 1. The van der Waals surface area contributed by atoms with Gasteiger partial charge in [-0.15, -0.1) is 25.1 Å². The lowest BCUT2D eigenvalue weighted by molar-refractivity contribution is 0.555. The van der Waals surface area contributed by atoms with E-state index in [1.165, 1.54) is 0 Å². The van der Waals surface area contributed by atoms with E-state index >= 15 is 0 Å². The van der Waals surface area contributed by atoms with E-state index in [0.717, 1.165) is 11.4 Å². The molecule has 10 heteroatoms. The molecule has 0 fully saturated rings. The standard InChI is InChI=1S/C23H26ClN9/c1-13(2)20-30-33-22(31(20)7)17(16(28-33)14-11-9-10-12-15(14)24)26-27-21-18(25-6)19(23(3,4)5)29-32(21)8/h9-13H,1-5,7-8H3. The molecule has 0 spiro atoms. The third-order valence-corrected chi connectivity index (χ3v) is 5.71. The van der Waals surface area contributed by atoms with Crippen LogP contribution in [0.5, 0.6) is 0 Å². The molecule has 0 aliphatic carbocycles. The lowest BCUT2D eigenvalue weighted by Gasteiger charge is -2.15. The summed E-state index contributed by atoms with van der Waals surface area (Å²) in [7, 11) is 3.70. The average molecular weight is 464 g/mol. The molecule has 0 saturated carbocycles. The molecule has 0 radical (unpaired) electrons. The lowest BCUT2D eigenvalue weighted by atomic mass is 9.91. The van der Waals surface area contributed by atoms with Gasteiger partial charge < -0.3 is 4.57 Å². The summed E-state index contributed by atoms with van der Waals surface area (Å²) < 4.78 is 5.13. The molecule has 4 aromatic rings. The molecule has 3 heterocycles. The van der Waals surface area contributed by atoms with Crippen LogP contribution in [0.15, 0.2) is 34.5 Å². The molecule has 170 valence electrons. The molecule has 4 rings (SSSR count). The second-order valence-electron chi connectivity index (χ2n) is 9.27. The molecule has 0 aliphatic heterocycles.